The number of sulfonamides is 1. The Morgan fingerprint density at radius 3 is 2.57 bits per heavy atom. The van der Waals surface area contributed by atoms with Crippen LogP contribution < -0.4 is 4.72 Å². The van der Waals surface area contributed by atoms with Crippen LogP contribution in [0.1, 0.15) is 33.4 Å². The monoisotopic (exact) mass is 314 g/mol. The fraction of sp³-hybridized carbons (Fsp3) is 0.571. The Morgan fingerprint density at radius 2 is 2.05 bits per heavy atom. The van der Waals surface area contributed by atoms with E-state index in [4.69, 9.17) is 4.74 Å². The number of esters is 1. The van der Waals surface area contributed by atoms with E-state index in [1.807, 2.05) is 0 Å². The molecule has 0 unspecified atom stereocenters. The lowest BCUT2D eigenvalue weighted by atomic mass is 10.2. The smallest absolute Gasteiger partial charge is 0.324 e. The Labute approximate surface area is 126 Å². The molecule has 0 saturated carbocycles. The van der Waals surface area contributed by atoms with Crippen molar-refractivity contribution in [1.29, 1.82) is 0 Å². The number of carbonyl (C=O) groups excluding carboxylic acids is 1. The fourth-order valence-electron chi connectivity index (χ4n) is 1.55. The van der Waals surface area contributed by atoms with Gasteiger partial charge in [0.15, 0.2) is 0 Å². The summed E-state index contributed by atoms with van der Waals surface area (Å²) in [6.07, 6.45) is 1.90. The molecule has 0 spiro atoms. The van der Waals surface area contributed by atoms with E-state index in [1.165, 1.54) is 6.92 Å². The molecule has 0 aromatic carbocycles. The molecule has 6 nitrogen and oxygen atoms in total. The van der Waals surface area contributed by atoms with Crippen molar-refractivity contribution in [3.05, 3.63) is 30.1 Å². The molecule has 0 radical (unpaired) electrons. The number of nitrogens with one attached hydrogen (secondary N) is 1. The van der Waals surface area contributed by atoms with Gasteiger partial charge in [0.2, 0.25) is 10.0 Å². The summed E-state index contributed by atoms with van der Waals surface area (Å²) in [5, 5.41) is 0. The summed E-state index contributed by atoms with van der Waals surface area (Å²) in [5.74, 6) is -0.721. The van der Waals surface area contributed by atoms with Gasteiger partial charge in [-0.3, -0.25) is 9.78 Å². The Hall–Kier alpha value is -1.47. The highest BCUT2D eigenvalue weighted by Gasteiger charge is 2.25. The Balaban J connectivity index is 2.54. The highest BCUT2D eigenvalue weighted by Crippen LogP contribution is 2.09. The summed E-state index contributed by atoms with van der Waals surface area (Å²) in [6.45, 7) is 6.65. The molecule has 1 N–H and O–H groups in total. The van der Waals surface area contributed by atoms with Crippen molar-refractivity contribution < 1.29 is 17.9 Å². The van der Waals surface area contributed by atoms with Crippen LogP contribution in [-0.2, 0) is 26.0 Å². The van der Waals surface area contributed by atoms with E-state index >= 15 is 0 Å². The van der Waals surface area contributed by atoms with Crippen LogP contribution in [0.3, 0.4) is 0 Å². The third kappa shape index (κ3) is 7.19. The molecule has 1 atom stereocenters. The van der Waals surface area contributed by atoms with Crippen LogP contribution in [0.2, 0.25) is 0 Å². The zero-order chi connectivity index (χ0) is 16.1. The summed E-state index contributed by atoms with van der Waals surface area (Å²) in [6, 6.07) is 4.40. The lowest BCUT2D eigenvalue weighted by molar-refractivity contribution is -0.156. The number of aromatic nitrogens is 1. The quantitative estimate of drug-likeness (QED) is 0.799. The maximum atomic E-state index is 11.9. The van der Waals surface area contributed by atoms with Gasteiger partial charge in [-0.2, -0.15) is 0 Å². The number of rotatable bonds is 6. The lowest BCUT2D eigenvalue weighted by Crippen LogP contribution is -2.43. The second kappa shape index (κ2) is 7.00. The van der Waals surface area contributed by atoms with E-state index in [9.17, 15) is 13.2 Å². The molecule has 0 aliphatic rings. The molecule has 1 aromatic heterocycles. The summed E-state index contributed by atoms with van der Waals surface area (Å²) in [7, 11) is -3.57. The van der Waals surface area contributed by atoms with Crippen molar-refractivity contribution in [3.63, 3.8) is 0 Å². The summed E-state index contributed by atoms with van der Waals surface area (Å²) >= 11 is 0. The van der Waals surface area contributed by atoms with Crippen LogP contribution in [-0.4, -0.2) is 36.8 Å². The van der Waals surface area contributed by atoms with Gasteiger partial charge in [-0.15, -0.1) is 0 Å². The van der Waals surface area contributed by atoms with Crippen molar-refractivity contribution in [2.75, 3.05) is 5.75 Å². The SMILES string of the molecule is C[C@H](NS(=O)(=O)CCc1ccccn1)C(=O)OC(C)(C)C. The average molecular weight is 314 g/mol. The first kappa shape index (κ1) is 17.6. The third-order valence-electron chi connectivity index (χ3n) is 2.47. The predicted molar refractivity (Wildman–Crippen MR) is 80.2 cm³/mol. The minimum atomic E-state index is -3.57. The molecule has 0 aliphatic carbocycles. The van der Waals surface area contributed by atoms with Crippen molar-refractivity contribution in [3.8, 4) is 0 Å². The minimum absolute atomic E-state index is 0.128. The molecule has 1 rings (SSSR count). The minimum Gasteiger partial charge on any atom is -0.459 e. The second-order valence-electron chi connectivity index (χ2n) is 5.76. The molecule has 0 bridgehead atoms. The van der Waals surface area contributed by atoms with Crippen LogP contribution in [0.25, 0.3) is 0 Å². The lowest BCUT2D eigenvalue weighted by Gasteiger charge is -2.22. The number of hydrogen-bond donors (Lipinski definition) is 1. The number of ether oxygens (including phenoxy) is 1. The second-order valence-corrected chi connectivity index (χ2v) is 7.64. The van der Waals surface area contributed by atoms with Crippen molar-refractivity contribution in [2.24, 2.45) is 0 Å². The third-order valence-corrected chi connectivity index (χ3v) is 3.92. The molecule has 7 heteroatoms. The summed E-state index contributed by atoms with van der Waals surface area (Å²) in [5.41, 5.74) is 0.0397. The average Bonchev–Trinajstić information content (AvgIpc) is 2.35. The van der Waals surface area contributed by atoms with Gasteiger partial charge >= 0.3 is 5.97 Å². The zero-order valence-electron chi connectivity index (χ0n) is 12.8. The standard InChI is InChI=1S/C14H22N2O4S/c1-11(13(17)20-14(2,3)4)16-21(18,19)10-8-12-7-5-6-9-15-12/h5-7,9,11,16H,8,10H2,1-4H3/t11-/m0/s1. The normalized spacial score (nSPS) is 13.7. The molecule has 1 heterocycles. The van der Waals surface area contributed by atoms with E-state index in [1.54, 1.807) is 45.2 Å². The largest absolute Gasteiger partial charge is 0.459 e. The fourth-order valence-corrected chi connectivity index (χ4v) is 2.78. The first-order valence-corrected chi connectivity index (χ1v) is 8.37. The summed E-state index contributed by atoms with van der Waals surface area (Å²) < 4.78 is 31.3. The van der Waals surface area contributed by atoms with Gasteiger partial charge in [-0.05, 0) is 39.8 Å². The van der Waals surface area contributed by atoms with Crippen LogP contribution in [0.15, 0.2) is 24.4 Å². The summed E-state index contributed by atoms with van der Waals surface area (Å²) in [4.78, 5) is 15.8. The van der Waals surface area contributed by atoms with Crippen LogP contribution in [0.4, 0.5) is 0 Å². The molecule has 0 amide bonds. The van der Waals surface area contributed by atoms with E-state index < -0.39 is 27.6 Å². The molecule has 0 fully saturated rings. The predicted octanol–water partition coefficient (Wildman–Crippen LogP) is 1.27. The number of aryl methyl sites for hydroxylation is 1. The highest BCUT2D eigenvalue weighted by molar-refractivity contribution is 7.89. The van der Waals surface area contributed by atoms with Crippen LogP contribution in [0, 0.1) is 0 Å². The van der Waals surface area contributed by atoms with Gasteiger partial charge in [-0.1, -0.05) is 6.07 Å². The van der Waals surface area contributed by atoms with Gasteiger partial charge in [0.05, 0.1) is 5.75 Å². The highest BCUT2D eigenvalue weighted by atomic mass is 32.2. The molecular weight excluding hydrogens is 292 g/mol. The van der Waals surface area contributed by atoms with E-state index in [-0.39, 0.29) is 12.2 Å². The Bertz CT molecular complexity index is 564. The Morgan fingerprint density at radius 1 is 1.38 bits per heavy atom. The zero-order valence-corrected chi connectivity index (χ0v) is 13.6. The van der Waals surface area contributed by atoms with E-state index in [0.29, 0.717) is 5.69 Å². The van der Waals surface area contributed by atoms with Gasteiger partial charge in [0.1, 0.15) is 11.6 Å². The van der Waals surface area contributed by atoms with Crippen molar-refractivity contribution >= 4 is 16.0 Å². The topological polar surface area (TPSA) is 85.4 Å². The molecule has 0 saturated heterocycles. The maximum Gasteiger partial charge on any atom is 0.324 e. The van der Waals surface area contributed by atoms with Gasteiger partial charge in [0, 0.05) is 18.3 Å². The van der Waals surface area contributed by atoms with Gasteiger partial charge in [0.25, 0.3) is 0 Å². The maximum absolute atomic E-state index is 11.9. The number of pyridine rings is 1. The molecule has 21 heavy (non-hydrogen) atoms. The van der Waals surface area contributed by atoms with Gasteiger partial charge in [-0.25, -0.2) is 13.1 Å². The molecule has 1 aromatic rings. The first-order chi connectivity index (χ1) is 9.59. The van der Waals surface area contributed by atoms with Gasteiger partial charge < -0.3 is 4.74 Å². The van der Waals surface area contributed by atoms with E-state index in [2.05, 4.69) is 9.71 Å². The Kier molecular flexibility index (Phi) is 5.86. The van der Waals surface area contributed by atoms with E-state index in [0.717, 1.165) is 0 Å². The van der Waals surface area contributed by atoms with Crippen LogP contribution >= 0.6 is 0 Å². The number of nitrogens with zero attached hydrogens (tertiary/aromatic N) is 1. The van der Waals surface area contributed by atoms with Crippen molar-refractivity contribution in [1.82, 2.24) is 9.71 Å². The number of hydrogen-bond acceptors (Lipinski definition) is 5. The molecular formula is C14H22N2O4S. The molecule has 118 valence electrons. The first-order valence-electron chi connectivity index (χ1n) is 6.72. The van der Waals surface area contributed by atoms with Crippen LogP contribution in [0.5, 0.6) is 0 Å². The number of carbonyl (C=O) groups is 1. The van der Waals surface area contributed by atoms with Crippen molar-refractivity contribution in [2.45, 2.75) is 45.8 Å². The molecule has 0 aliphatic heterocycles.